The highest BCUT2D eigenvalue weighted by molar-refractivity contribution is 7.84. The smallest absolute Gasteiger partial charge is 0.0716 e. The Morgan fingerprint density at radius 3 is 2.71 bits per heavy atom. The summed E-state index contributed by atoms with van der Waals surface area (Å²) in [4.78, 5) is 0. The number of hydrogen-bond acceptors (Lipinski definition) is 3. The van der Waals surface area contributed by atoms with Crippen molar-refractivity contribution < 1.29 is 8.95 Å². The van der Waals surface area contributed by atoms with Crippen LogP contribution in [0.1, 0.15) is 12.0 Å². The molecule has 1 atom stereocenters. The van der Waals surface area contributed by atoms with Crippen LogP contribution >= 0.6 is 0 Å². The predicted molar refractivity (Wildman–Crippen MR) is 72.5 cm³/mol. The van der Waals surface area contributed by atoms with E-state index in [0.29, 0.717) is 13.2 Å². The van der Waals surface area contributed by atoms with Crippen molar-refractivity contribution in [2.75, 3.05) is 31.7 Å². The number of ether oxygens (including phenoxy) is 1. The summed E-state index contributed by atoms with van der Waals surface area (Å²) in [5.74, 6) is 1.46. The zero-order chi connectivity index (χ0) is 12.3. The molecule has 0 aliphatic carbocycles. The largest absolute Gasteiger partial charge is 0.377 e. The fraction of sp³-hybridized carbons (Fsp3) is 0.538. The molecule has 0 aliphatic heterocycles. The van der Waals surface area contributed by atoms with E-state index < -0.39 is 10.8 Å². The molecule has 4 heteroatoms. The number of rotatable bonds is 9. The normalized spacial score (nSPS) is 12.5. The Kier molecular flexibility index (Phi) is 7.88. The summed E-state index contributed by atoms with van der Waals surface area (Å²) in [6, 6.07) is 10.1. The van der Waals surface area contributed by atoms with Gasteiger partial charge in [0.25, 0.3) is 0 Å². The second kappa shape index (κ2) is 9.33. The maximum atomic E-state index is 11.5. The van der Waals surface area contributed by atoms with Gasteiger partial charge in [0.1, 0.15) is 0 Å². The number of benzene rings is 1. The zero-order valence-corrected chi connectivity index (χ0v) is 11.2. The van der Waals surface area contributed by atoms with Crippen molar-refractivity contribution in [3.63, 3.8) is 0 Å². The highest BCUT2D eigenvalue weighted by Gasteiger charge is 1.99. The maximum Gasteiger partial charge on any atom is 0.0716 e. The van der Waals surface area contributed by atoms with Gasteiger partial charge in [-0.3, -0.25) is 4.21 Å². The Labute approximate surface area is 106 Å². The van der Waals surface area contributed by atoms with Gasteiger partial charge in [-0.15, -0.1) is 0 Å². The molecule has 0 saturated carbocycles. The van der Waals surface area contributed by atoms with Crippen molar-refractivity contribution in [1.82, 2.24) is 5.32 Å². The third-order valence-corrected chi connectivity index (χ3v) is 3.76. The summed E-state index contributed by atoms with van der Waals surface area (Å²) in [6.45, 7) is 2.14. The van der Waals surface area contributed by atoms with Crippen molar-refractivity contribution in [2.45, 2.75) is 13.0 Å². The van der Waals surface area contributed by atoms with Crippen molar-refractivity contribution in [2.24, 2.45) is 0 Å². The van der Waals surface area contributed by atoms with Gasteiger partial charge in [0.15, 0.2) is 0 Å². The summed E-state index contributed by atoms with van der Waals surface area (Å²) < 4.78 is 17.0. The SMILES string of the molecule is CNCCS(=O)CCCOCc1ccccc1. The van der Waals surface area contributed by atoms with Crippen LogP contribution in [0.3, 0.4) is 0 Å². The minimum absolute atomic E-state index is 0.643. The molecule has 0 aromatic heterocycles. The first kappa shape index (κ1) is 14.4. The van der Waals surface area contributed by atoms with Crippen molar-refractivity contribution in [1.29, 1.82) is 0 Å². The zero-order valence-electron chi connectivity index (χ0n) is 10.4. The standard InChI is InChI=1S/C13H21NO2S/c1-14-8-11-17(15)10-5-9-16-12-13-6-3-2-4-7-13/h2-4,6-7,14H,5,8-12H2,1H3. The first-order valence-corrected chi connectivity index (χ1v) is 7.43. The van der Waals surface area contributed by atoms with Crippen LogP contribution in [0.25, 0.3) is 0 Å². The molecule has 0 amide bonds. The van der Waals surface area contributed by atoms with Crippen LogP contribution in [-0.2, 0) is 22.1 Å². The van der Waals surface area contributed by atoms with Gasteiger partial charge in [-0.2, -0.15) is 0 Å². The van der Waals surface area contributed by atoms with Crippen molar-refractivity contribution in [3.05, 3.63) is 35.9 Å². The second-order valence-corrected chi connectivity index (χ2v) is 5.54. The molecule has 0 bridgehead atoms. The quantitative estimate of drug-likeness (QED) is 0.681. The molecule has 0 fully saturated rings. The molecule has 96 valence electrons. The lowest BCUT2D eigenvalue weighted by molar-refractivity contribution is 0.122. The average molecular weight is 255 g/mol. The molecule has 0 saturated heterocycles. The Morgan fingerprint density at radius 1 is 1.24 bits per heavy atom. The van der Waals surface area contributed by atoms with E-state index in [1.54, 1.807) is 0 Å². The van der Waals surface area contributed by atoms with E-state index >= 15 is 0 Å². The lowest BCUT2D eigenvalue weighted by Gasteiger charge is -2.04. The van der Waals surface area contributed by atoms with E-state index in [4.69, 9.17) is 4.74 Å². The molecule has 1 rings (SSSR count). The van der Waals surface area contributed by atoms with Gasteiger partial charge in [-0.05, 0) is 19.0 Å². The third-order valence-electron chi connectivity index (χ3n) is 2.35. The fourth-order valence-electron chi connectivity index (χ4n) is 1.40. The van der Waals surface area contributed by atoms with Crippen LogP contribution in [0, 0.1) is 0 Å². The van der Waals surface area contributed by atoms with Gasteiger partial charge in [0.2, 0.25) is 0 Å². The molecule has 0 aliphatic rings. The molecule has 17 heavy (non-hydrogen) atoms. The minimum atomic E-state index is -0.710. The Hall–Kier alpha value is -0.710. The Balaban J connectivity index is 1.99. The first-order chi connectivity index (χ1) is 8.33. The summed E-state index contributed by atoms with van der Waals surface area (Å²) in [5, 5.41) is 3.00. The number of hydrogen-bond donors (Lipinski definition) is 1. The van der Waals surface area contributed by atoms with E-state index in [-0.39, 0.29) is 0 Å². The Bertz CT molecular complexity index is 316. The minimum Gasteiger partial charge on any atom is -0.377 e. The highest BCUT2D eigenvalue weighted by atomic mass is 32.2. The van der Waals surface area contributed by atoms with Crippen LogP contribution in [0.15, 0.2) is 30.3 Å². The van der Waals surface area contributed by atoms with Gasteiger partial charge in [-0.25, -0.2) is 0 Å². The second-order valence-electron chi connectivity index (χ2n) is 3.84. The van der Waals surface area contributed by atoms with E-state index in [1.807, 2.05) is 37.4 Å². The van der Waals surface area contributed by atoms with E-state index in [0.717, 1.165) is 24.5 Å². The topological polar surface area (TPSA) is 38.3 Å². The molecule has 1 unspecified atom stereocenters. The van der Waals surface area contributed by atoms with Crippen LogP contribution in [0.2, 0.25) is 0 Å². The molecular formula is C13H21NO2S. The summed E-state index contributed by atoms with van der Waals surface area (Å²) >= 11 is 0. The van der Waals surface area contributed by atoms with Gasteiger partial charge < -0.3 is 10.1 Å². The van der Waals surface area contributed by atoms with Crippen LogP contribution in [0.4, 0.5) is 0 Å². The Morgan fingerprint density at radius 2 is 2.00 bits per heavy atom. The summed E-state index contributed by atoms with van der Waals surface area (Å²) in [6.07, 6.45) is 0.864. The van der Waals surface area contributed by atoms with E-state index in [9.17, 15) is 4.21 Å². The molecule has 1 N–H and O–H groups in total. The van der Waals surface area contributed by atoms with Gasteiger partial charge in [0, 0.05) is 35.5 Å². The summed E-state index contributed by atoms with van der Waals surface area (Å²) in [5.41, 5.74) is 1.18. The van der Waals surface area contributed by atoms with Crippen molar-refractivity contribution in [3.8, 4) is 0 Å². The lowest BCUT2D eigenvalue weighted by atomic mass is 10.2. The molecule has 0 heterocycles. The molecule has 0 spiro atoms. The van der Waals surface area contributed by atoms with Gasteiger partial charge in [0.05, 0.1) is 6.61 Å². The molecule has 0 radical (unpaired) electrons. The molecule has 3 nitrogen and oxygen atoms in total. The van der Waals surface area contributed by atoms with Crippen LogP contribution in [-0.4, -0.2) is 35.9 Å². The molecular weight excluding hydrogens is 234 g/mol. The van der Waals surface area contributed by atoms with E-state index in [1.165, 1.54) is 5.56 Å². The average Bonchev–Trinajstić information content (AvgIpc) is 2.37. The molecule has 1 aromatic rings. The highest BCUT2D eigenvalue weighted by Crippen LogP contribution is 2.01. The maximum absolute atomic E-state index is 11.5. The van der Waals surface area contributed by atoms with Gasteiger partial charge >= 0.3 is 0 Å². The third kappa shape index (κ3) is 7.26. The van der Waals surface area contributed by atoms with Crippen molar-refractivity contribution >= 4 is 10.8 Å². The molecule has 1 aromatic carbocycles. The first-order valence-electron chi connectivity index (χ1n) is 5.94. The monoisotopic (exact) mass is 255 g/mol. The van der Waals surface area contributed by atoms with Gasteiger partial charge in [-0.1, -0.05) is 30.3 Å². The lowest BCUT2D eigenvalue weighted by Crippen LogP contribution is -2.17. The predicted octanol–water partition coefficient (Wildman–Crippen LogP) is 1.56. The number of nitrogens with one attached hydrogen (secondary N) is 1. The summed E-state index contributed by atoms with van der Waals surface area (Å²) in [7, 11) is 1.16. The van der Waals surface area contributed by atoms with E-state index in [2.05, 4.69) is 5.32 Å². The fourth-order valence-corrected chi connectivity index (χ4v) is 2.48. The van der Waals surface area contributed by atoms with Crippen LogP contribution in [0.5, 0.6) is 0 Å². The van der Waals surface area contributed by atoms with Crippen LogP contribution < -0.4 is 5.32 Å².